The maximum Gasteiger partial charge on any atom is 0.310 e. The quantitative estimate of drug-likeness (QED) is 0.592. The molecule has 0 radical (unpaired) electrons. The van der Waals surface area contributed by atoms with Gasteiger partial charge in [-0.3, -0.25) is 9.59 Å². The van der Waals surface area contributed by atoms with Crippen LogP contribution in [-0.2, 0) is 9.59 Å². The normalized spacial score (nSPS) is 20.2. The second-order valence-electron chi connectivity index (χ2n) is 5.13. The van der Waals surface area contributed by atoms with Gasteiger partial charge in [0.25, 0.3) is 0 Å². The standard InChI is InChI=1S/C14H21NO3/c1-3-11(2)15-12(16)10-14(13(17)18)8-6-4-5-7-9-14/h1,11H,4-10H2,2H3,(H,15,16)(H,17,18). The van der Waals surface area contributed by atoms with Crippen LogP contribution in [0.2, 0.25) is 0 Å². The molecule has 0 saturated heterocycles. The van der Waals surface area contributed by atoms with Gasteiger partial charge in [-0.05, 0) is 19.8 Å². The fourth-order valence-corrected chi connectivity index (χ4v) is 2.51. The van der Waals surface area contributed by atoms with E-state index < -0.39 is 11.4 Å². The van der Waals surface area contributed by atoms with E-state index in [9.17, 15) is 14.7 Å². The molecule has 0 aromatic rings. The Morgan fingerprint density at radius 1 is 1.33 bits per heavy atom. The summed E-state index contributed by atoms with van der Waals surface area (Å²) >= 11 is 0. The number of rotatable bonds is 4. The van der Waals surface area contributed by atoms with Crippen molar-refractivity contribution in [2.45, 2.75) is 57.9 Å². The lowest BCUT2D eigenvalue weighted by molar-refractivity contribution is -0.153. The lowest BCUT2D eigenvalue weighted by Crippen LogP contribution is -2.40. The van der Waals surface area contributed by atoms with Crippen molar-refractivity contribution in [1.29, 1.82) is 0 Å². The van der Waals surface area contributed by atoms with Gasteiger partial charge < -0.3 is 10.4 Å². The number of terminal acetylenes is 1. The zero-order valence-corrected chi connectivity index (χ0v) is 10.9. The van der Waals surface area contributed by atoms with Gasteiger partial charge in [0.15, 0.2) is 0 Å². The minimum atomic E-state index is -0.894. The van der Waals surface area contributed by atoms with Crippen LogP contribution in [0.5, 0.6) is 0 Å². The molecule has 4 heteroatoms. The van der Waals surface area contributed by atoms with Crippen LogP contribution in [-0.4, -0.2) is 23.0 Å². The fraction of sp³-hybridized carbons (Fsp3) is 0.714. The first-order chi connectivity index (χ1) is 8.50. The molecule has 0 aliphatic heterocycles. The highest BCUT2D eigenvalue weighted by Crippen LogP contribution is 2.38. The van der Waals surface area contributed by atoms with Gasteiger partial charge in [-0.25, -0.2) is 0 Å². The van der Waals surface area contributed by atoms with E-state index in [4.69, 9.17) is 6.42 Å². The highest BCUT2D eigenvalue weighted by molar-refractivity contribution is 5.85. The van der Waals surface area contributed by atoms with E-state index in [1.165, 1.54) is 0 Å². The summed E-state index contributed by atoms with van der Waals surface area (Å²) in [5, 5.41) is 12.1. The first-order valence-corrected chi connectivity index (χ1v) is 6.49. The molecule has 1 saturated carbocycles. The zero-order chi connectivity index (χ0) is 13.6. The molecule has 100 valence electrons. The number of hydrogen-bond acceptors (Lipinski definition) is 2. The minimum absolute atomic E-state index is 0.0361. The number of nitrogens with one attached hydrogen (secondary N) is 1. The zero-order valence-electron chi connectivity index (χ0n) is 10.9. The fourth-order valence-electron chi connectivity index (χ4n) is 2.51. The maximum absolute atomic E-state index is 11.8. The average molecular weight is 251 g/mol. The number of amides is 1. The monoisotopic (exact) mass is 251 g/mol. The van der Waals surface area contributed by atoms with Gasteiger partial charge in [-0.2, -0.15) is 0 Å². The lowest BCUT2D eigenvalue weighted by atomic mass is 9.77. The highest BCUT2D eigenvalue weighted by atomic mass is 16.4. The van der Waals surface area contributed by atoms with Crippen LogP contribution in [0.3, 0.4) is 0 Å². The predicted octanol–water partition coefficient (Wildman–Crippen LogP) is 1.94. The number of carbonyl (C=O) groups excluding carboxylic acids is 1. The summed E-state index contributed by atoms with van der Waals surface area (Å²) in [6.45, 7) is 1.71. The molecule has 1 atom stereocenters. The van der Waals surface area contributed by atoms with Crippen LogP contribution in [0, 0.1) is 17.8 Å². The van der Waals surface area contributed by atoms with Crippen molar-refractivity contribution < 1.29 is 14.7 Å². The predicted molar refractivity (Wildman–Crippen MR) is 68.8 cm³/mol. The summed E-state index contributed by atoms with van der Waals surface area (Å²) in [5.41, 5.74) is -0.894. The lowest BCUT2D eigenvalue weighted by Gasteiger charge is -2.27. The summed E-state index contributed by atoms with van der Waals surface area (Å²) < 4.78 is 0. The van der Waals surface area contributed by atoms with E-state index >= 15 is 0 Å². The number of hydrogen-bond donors (Lipinski definition) is 2. The van der Waals surface area contributed by atoms with Crippen molar-refractivity contribution in [1.82, 2.24) is 5.32 Å². The van der Waals surface area contributed by atoms with Gasteiger partial charge in [0.05, 0.1) is 11.5 Å². The third kappa shape index (κ3) is 3.76. The molecule has 4 nitrogen and oxygen atoms in total. The summed E-state index contributed by atoms with van der Waals surface area (Å²) in [6, 6.07) is -0.353. The van der Waals surface area contributed by atoms with Crippen LogP contribution in [0.15, 0.2) is 0 Å². The Kier molecular flexibility index (Phi) is 5.21. The van der Waals surface area contributed by atoms with Crippen LogP contribution in [0.1, 0.15) is 51.9 Å². The summed E-state index contributed by atoms with van der Waals surface area (Å²) in [4.78, 5) is 23.3. The molecule has 2 N–H and O–H groups in total. The summed E-state index contributed by atoms with van der Waals surface area (Å²) in [6.07, 6.45) is 10.3. The van der Waals surface area contributed by atoms with Crippen molar-refractivity contribution >= 4 is 11.9 Å². The number of aliphatic carboxylic acids is 1. The Labute approximate surface area is 108 Å². The second kappa shape index (κ2) is 6.44. The molecule has 1 aliphatic carbocycles. The molecule has 18 heavy (non-hydrogen) atoms. The Hall–Kier alpha value is -1.50. The first kappa shape index (κ1) is 14.6. The first-order valence-electron chi connectivity index (χ1n) is 6.49. The van der Waals surface area contributed by atoms with Crippen molar-refractivity contribution in [3.63, 3.8) is 0 Å². The van der Waals surface area contributed by atoms with Crippen LogP contribution < -0.4 is 5.32 Å². The minimum Gasteiger partial charge on any atom is -0.481 e. The average Bonchev–Trinajstić information content (AvgIpc) is 2.55. The highest BCUT2D eigenvalue weighted by Gasteiger charge is 2.40. The molecule has 0 bridgehead atoms. The third-order valence-corrected chi connectivity index (χ3v) is 3.64. The van der Waals surface area contributed by atoms with Crippen molar-refractivity contribution in [2.24, 2.45) is 5.41 Å². The van der Waals surface area contributed by atoms with E-state index in [0.717, 1.165) is 25.7 Å². The topological polar surface area (TPSA) is 66.4 Å². The Morgan fingerprint density at radius 2 is 1.89 bits per heavy atom. The molecular weight excluding hydrogens is 230 g/mol. The largest absolute Gasteiger partial charge is 0.481 e. The van der Waals surface area contributed by atoms with Crippen LogP contribution in [0.4, 0.5) is 0 Å². The van der Waals surface area contributed by atoms with E-state index in [2.05, 4.69) is 11.2 Å². The van der Waals surface area contributed by atoms with Gasteiger partial charge in [-0.1, -0.05) is 31.6 Å². The molecule has 1 aliphatic rings. The van der Waals surface area contributed by atoms with Gasteiger partial charge in [0.2, 0.25) is 5.91 Å². The van der Waals surface area contributed by atoms with E-state index in [-0.39, 0.29) is 18.4 Å². The molecular formula is C14H21NO3. The van der Waals surface area contributed by atoms with Gasteiger partial charge in [0, 0.05) is 6.42 Å². The molecule has 1 rings (SSSR count). The molecule has 1 fully saturated rings. The number of carboxylic acid groups (broad SMARTS) is 1. The SMILES string of the molecule is C#CC(C)NC(=O)CC1(C(=O)O)CCCCCC1. The summed E-state index contributed by atoms with van der Waals surface area (Å²) in [7, 11) is 0. The van der Waals surface area contributed by atoms with Gasteiger partial charge in [0.1, 0.15) is 0 Å². The van der Waals surface area contributed by atoms with E-state index in [1.807, 2.05) is 0 Å². The van der Waals surface area contributed by atoms with Crippen molar-refractivity contribution in [2.75, 3.05) is 0 Å². The van der Waals surface area contributed by atoms with E-state index in [1.54, 1.807) is 6.92 Å². The molecule has 0 aromatic heterocycles. The molecule has 0 spiro atoms. The van der Waals surface area contributed by atoms with Gasteiger partial charge >= 0.3 is 5.97 Å². The maximum atomic E-state index is 11.8. The van der Waals surface area contributed by atoms with Crippen molar-refractivity contribution in [3.05, 3.63) is 0 Å². The molecule has 1 unspecified atom stereocenters. The number of carboxylic acids is 1. The third-order valence-electron chi connectivity index (χ3n) is 3.64. The molecule has 0 aromatic carbocycles. The Bertz CT molecular complexity index is 349. The smallest absolute Gasteiger partial charge is 0.310 e. The molecule has 1 amide bonds. The van der Waals surface area contributed by atoms with Crippen molar-refractivity contribution in [3.8, 4) is 12.3 Å². The Balaban J connectivity index is 2.70. The summed E-state index contributed by atoms with van der Waals surface area (Å²) in [5.74, 6) is 1.29. The number of carbonyl (C=O) groups is 2. The van der Waals surface area contributed by atoms with Crippen LogP contribution >= 0.6 is 0 Å². The van der Waals surface area contributed by atoms with E-state index in [0.29, 0.717) is 12.8 Å². The Morgan fingerprint density at radius 3 is 2.33 bits per heavy atom. The second-order valence-corrected chi connectivity index (χ2v) is 5.13. The van der Waals surface area contributed by atoms with Crippen LogP contribution in [0.25, 0.3) is 0 Å². The van der Waals surface area contributed by atoms with Gasteiger partial charge in [-0.15, -0.1) is 6.42 Å². The molecule has 0 heterocycles.